The Labute approximate surface area is 108 Å². The van der Waals surface area contributed by atoms with Crippen LogP contribution in [0.5, 0.6) is 0 Å². The molecule has 0 aliphatic rings. The van der Waals surface area contributed by atoms with Crippen molar-refractivity contribution in [1.82, 2.24) is 0 Å². The van der Waals surface area contributed by atoms with Crippen LogP contribution in [0.4, 0.5) is 0 Å². The molecule has 18 heavy (non-hydrogen) atoms. The first-order chi connectivity index (χ1) is 8.57. The monoisotopic (exact) mass is 238 g/mol. The van der Waals surface area contributed by atoms with Crippen LogP contribution < -0.4 is 0 Å². The van der Waals surface area contributed by atoms with Crippen molar-refractivity contribution in [3.8, 4) is 0 Å². The quantitative estimate of drug-likeness (QED) is 0.735. The molecule has 2 rings (SSSR count). The number of aldehydes is 1. The Morgan fingerprint density at radius 2 is 1.61 bits per heavy atom. The van der Waals surface area contributed by atoms with E-state index in [1.807, 2.05) is 25.1 Å². The van der Waals surface area contributed by atoms with Crippen LogP contribution in [-0.2, 0) is 5.41 Å². The molecule has 1 nitrogen and oxygen atoms in total. The molecule has 0 heterocycles. The molecule has 0 fully saturated rings. The van der Waals surface area contributed by atoms with Crippen molar-refractivity contribution in [3.05, 3.63) is 70.8 Å². The smallest absolute Gasteiger partial charge is 0.150 e. The average molecular weight is 238 g/mol. The second kappa shape index (κ2) is 4.77. The highest BCUT2D eigenvalue weighted by Crippen LogP contribution is 2.33. The molecular weight excluding hydrogens is 220 g/mol. The summed E-state index contributed by atoms with van der Waals surface area (Å²) in [5.74, 6) is 0. The zero-order valence-corrected chi connectivity index (χ0v) is 11.1. The lowest BCUT2D eigenvalue weighted by Crippen LogP contribution is -2.20. The van der Waals surface area contributed by atoms with Gasteiger partial charge in [0.15, 0.2) is 0 Å². The molecule has 0 saturated carbocycles. The summed E-state index contributed by atoms with van der Waals surface area (Å²) in [7, 11) is 0. The number of carbonyl (C=O) groups is 1. The van der Waals surface area contributed by atoms with Crippen molar-refractivity contribution >= 4 is 6.29 Å². The van der Waals surface area contributed by atoms with E-state index in [2.05, 4.69) is 44.2 Å². The maximum atomic E-state index is 11.0. The fourth-order valence-electron chi connectivity index (χ4n) is 2.47. The molecule has 2 aromatic carbocycles. The molecule has 0 unspecified atom stereocenters. The van der Waals surface area contributed by atoms with E-state index >= 15 is 0 Å². The topological polar surface area (TPSA) is 17.1 Å². The number of carbonyl (C=O) groups excluding carboxylic acids is 1. The van der Waals surface area contributed by atoms with Gasteiger partial charge in [-0.3, -0.25) is 4.79 Å². The van der Waals surface area contributed by atoms with Gasteiger partial charge < -0.3 is 0 Å². The minimum atomic E-state index is -0.0929. The van der Waals surface area contributed by atoms with Gasteiger partial charge in [-0.15, -0.1) is 0 Å². The van der Waals surface area contributed by atoms with Gasteiger partial charge in [-0.2, -0.15) is 0 Å². The van der Waals surface area contributed by atoms with Crippen LogP contribution in [-0.4, -0.2) is 6.29 Å². The molecule has 0 bridgehead atoms. The van der Waals surface area contributed by atoms with Crippen molar-refractivity contribution < 1.29 is 4.79 Å². The molecule has 0 saturated heterocycles. The van der Waals surface area contributed by atoms with Crippen molar-refractivity contribution in [1.29, 1.82) is 0 Å². The third-order valence-electron chi connectivity index (χ3n) is 3.67. The summed E-state index contributed by atoms with van der Waals surface area (Å²) in [5, 5.41) is 0. The summed E-state index contributed by atoms with van der Waals surface area (Å²) in [6.45, 7) is 6.41. The Kier molecular flexibility index (Phi) is 3.33. The fourth-order valence-corrected chi connectivity index (χ4v) is 2.47. The lowest BCUT2D eigenvalue weighted by Gasteiger charge is -2.28. The van der Waals surface area contributed by atoms with Crippen LogP contribution in [0, 0.1) is 6.92 Å². The third-order valence-corrected chi connectivity index (χ3v) is 3.67. The predicted molar refractivity (Wildman–Crippen MR) is 75.1 cm³/mol. The fraction of sp³-hybridized carbons (Fsp3) is 0.235. The summed E-state index contributed by atoms with van der Waals surface area (Å²) in [6, 6.07) is 16.3. The molecule has 2 aromatic rings. The first-order valence-electron chi connectivity index (χ1n) is 6.18. The van der Waals surface area contributed by atoms with E-state index < -0.39 is 0 Å². The normalized spacial score (nSPS) is 11.3. The van der Waals surface area contributed by atoms with Gasteiger partial charge in [0.1, 0.15) is 6.29 Å². The number of rotatable bonds is 3. The van der Waals surface area contributed by atoms with Gasteiger partial charge in [-0.25, -0.2) is 0 Å². The first kappa shape index (κ1) is 12.6. The second-order valence-electron chi connectivity index (χ2n) is 5.13. The first-order valence-corrected chi connectivity index (χ1v) is 6.18. The van der Waals surface area contributed by atoms with Gasteiger partial charge in [0.25, 0.3) is 0 Å². The maximum Gasteiger partial charge on any atom is 0.150 e. The van der Waals surface area contributed by atoms with E-state index in [4.69, 9.17) is 0 Å². The molecular formula is C17H18O. The van der Waals surface area contributed by atoms with E-state index in [0.29, 0.717) is 0 Å². The Morgan fingerprint density at radius 1 is 0.944 bits per heavy atom. The van der Waals surface area contributed by atoms with Crippen LogP contribution in [0.15, 0.2) is 48.5 Å². The van der Waals surface area contributed by atoms with Gasteiger partial charge in [0, 0.05) is 11.0 Å². The second-order valence-corrected chi connectivity index (χ2v) is 5.13. The molecule has 0 radical (unpaired) electrons. The Hall–Kier alpha value is -1.89. The Bertz CT molecular complexity index is 553. The molecule has 1 heteroatoms. The van der Waals surface area contributed by atoms with Crippen molar-refractivity contribution in [2.24, 2.45) is 0 Å². The Balaban J connectivity index is 2.58. The zero-order chi connectivity index (χ0) is 13.2. The number of hydrogen-bond acceptors (Lipinski definition) is 1. The molecule has 0 amide bonds. The van der Waals surface area contributed by atoms with Crippen LogP contribution >= 0.6 is 0 Å². The minimum Gasteiger partial charge on any atom is -0.298 e. The summed E-state index contributed by atoms with van der Waals surface area (Å²) >= 11 is 0. The predicted octanol–water partition coefficient (Wildman–Crippen LogP) is 4.13. The molecule has 0 aliphatic carbocycles. The highest BCUT2D eigenvalue weighted by Gasteiger charge is 2.25. The lowest BCUT2D eigenvalue weighted by molar-refractivity contribution is 0.112. The van der Waals surface area contributed by atoms with Gasteiger partial charge >= 0.3 is 0 Å². The third kappa shape index (κ3) is 2.08. The summed E-state index contributed by atoms with van der Waals surface area (Å²) < 4.78 is 0. The summed E-state index contributed by atoms with van der Waals surface area (Å²) in [5.41, 5.74) is 4.22. The standard InChI is InChI=1S/C17H18O/c1-13-14(12-18)8-7-11-16(13)17(2,3)15-9-5-4-6-10-15/h4-12H,1-3H3. The van der Waals surface area contributed by atoms with Crippen LogP contribution in [0.2, 0.25) is 0 Å². The van der Waals surface area contributed by atoms with E-state index in [-0.39, 0.29) is 5.41 Å². The summed E-state index contributed by atoms with van der Waals surface area (Å²) in [6.07, 6.45) is 0.930. The molecule has 0 atom stereocenters. The molecule has 0 spiro atoms. The highest BCUT2D eigenvalue weighted by molar-refractivity contribution is 5.78. The lowest BCUT2D eigenvalue weighted by atomic mass is 9.75. The van der Waals surface area contributed by atoms with Crippen molar-refractivity contribution in [2.45, 2.75) is 26.2 Å². The van der Waals surface area contributed by atoms with E-state index in [1.165, 1.54) is 11.1 Å². The van der Waals surface area contributed by atoms with E-state index in [9.17, 15) is 4.79 Å². The van der Waals surface area contributed by atoms with Crippen LogP contribution in [0.25, 0.3) is 0 Å². The highest BCUT2D eigenvalue weighted by atomic mass is 16.1. The number of benzene rings is 2. The van der Waals surface area contributed by atoms with E-state index in [0.717, 1.165) is 17.4 Å². The van der Waals surface area contributed by atoms with Crippen molar-refractivity contribution in [3.63, 3.8) is 0 Å². The maximum absolute atomic E-state index is 11.0. The van der Waals surface area contributed by atoms with Gasteiger partial charge in [0.05, 0.1) is 0 Å². The largest absolute Gasteiger partial charge is 0.298 e. The number of hydrogen-bond donors (Lipinski definition) is 0. The molecule has 0 N–H and O–H groups in total. The Morgan fingerprint density at radius 3 is 2.22 bits per heavy atom. The van der Waals surface area contributed by atoms with Crippen LogP contribution in [0.3, 0.4) is 0 Å². The van der Waals surface area contributed by atoms with Crippen LogP contribution in [0.1, 0.15) is 40.9 Å². The molecule has 0 aromatic heterocycles. The zero-order valence-electron chi connectivity index (χ0n) is 11.1. The summed E-state index contributed by atoms with van der Waals surface area (Å²) in [4.78, 5) is 11.0. The molecule has 0 aliphatic heterocycles. The van der Waals surface area contributed by atoms with E-state index in [1.54, 1.807) is 0 Å². The van der Waals surface area contributed by atoms with Gasteiger partial charge in [-0.1, -0.05) is 62.4 Å². The average Bonchev–Trinajstić information content (AvgIpc) is 2.40. The van der Waals surface area contributed by atoms with Gasteiger partial charge in [0.2, 0.25) is 0 Å². The molecule has 92 valence electrons. The SMILES string of the molecule is Cc1c(C=O)cccc1C(C)(C)c1ccccc1. The minimum absolute atomic E-state index is 0.0929. The van der Waals surface area contributed by atoms with Gasteiger partial charge in [-0.05, 0) is 23.6 Å². The van der Waals surface area contributed by atoms with Crippen molar-refractivity contribution in [2.75, 3.05) is 0 Å².